The van der Waals surface area contributed by atoms with Gasteiger partial charge in [0, 0.05) is 35.9 Å². The number of aromatic amines is 1. The minimum absolute atomic E-state index is 0.0302. The molecule has 1 amide bonds. The third-order valence-electron chi connectivity index (χ3n) is 5.55. The van der Waals surface area contributed by atoms with E-state index in [1.165, 1.54) is 18.5 Å². The van der Waals surface area contributed by atoms with E-state index in [2.05, 4.69) is 20.4 Å². The van der Waals surface area contributed by atoms with Crippen molar-refractivity contribution in [2.45, 2.75) is 11.8 Å². The van der Waals surface area contributed by atoms with Crippen LogP contribution in [0.5, 0.6) is 0 Å². The summed E-state index contributed by atoms with van der Waals surface area (Å²) in [5.41, 5.74) is 2.10. The Kier molecular flexibility index (Phi) is 4.84. The molecule has 37 heavy (non-hydrogen) atoms. The molecule has 0 unspecified atom stereocenters. The van der Waals surface area contributed by atoms with E-state index in [1.807, 2.05) is 6.92 Å². The van der Waals surface area contributed by atoms with Gasteiger partial charge in [0.1, 0.15) is 21.9 Å². The third kappa shape index (κ3) is 4.64. The molecule has 0 saturated carbocycles. The highest BCUT2D eigenvalue weighted by molar-refractivity contribution is 8.45. The van der Waals surface area contributed by atoms with Gasteiger partial charge in [0.15, 0.2) is 0 Å². The Morgan fingerprint density at radius 2 is 1.84 bits per heavy atom. The number of imidazole rings is 2. The Hall–Kier alpha value is -4.64. The number of amides is 1. The fourth-order valence-corrected chi connectivity index (χ4v) is 4.48. The molecule has 0 aliphatic rings. The Balaban J connectivity index is 1.50. The Bertz CT molecular complexity index is 1730. The lowest BCUT2D eigenvalue weighted by Gasteiger charge is -2.40. The van der Waals surface area contributed by atoms with Crippen molar-refractivity contribution >= 4 is 27.5 Å². The largest absolute Gasteiger partial charge is 0.351 e. The van der Waals surface area contributed by atoms with Crippen LogP contribution in [0.15, 0.2) is 72.3 Å². The van der Waals surface area contributed by atoms with Crippen LogP contribution >= 0.6 is 10.2 Å². The summed E-state index contributed by atoms with van der Waals surface area (Å²) in [5, 5.41) is 15.9. The molecular formula is C23H16F5N7OS. The van der Waals surface area contributed by atoms with Crippen LogP contribution in [0.25, 0.3) is 22.7 Å². The van der Waals surface area contributed by atoms with Crippen molar-refractivity contribution in [3.63, 3.8) is 0 Å². The van der Waals surface area contributed by atoms with E-state index in [-0.39, 0.29) is 17.8 Å². The summed E-state index contributed by atoms with van der Waals surface area (Å²) >= 11 is 0. The molecule has 8 nitrogen and oxygen atoms in total. The maximum Gasteiger partial charge on any atom is 0.310 e. The van der Waals surface area contributed by atoms with Crippen molar-refractivity contribution in [1.82, 2.24) is 24.1 Å². The zero-order valence-corrected chi connectivity index (χ0v) is 19.6. The van der Waals surface area contributed by atoms with Crippen molar-refractivity contribution in [1.29, 1.82) is 5.26 Å². The number of aryl methyl sites for hydroxylation is 1. The number of carbonyl (C=O) groups excluding carboxylic acids is 1. The van der Waals surface area contributed by atoms with Gasteiger partial charge in [-0.2, -0.15) is 10.4 Å². The van der Waals surface area contributed by atoms with Crippen molar-refractivity contribution < 1.29 is 24.2 Å². The van der Waals surface area contributed by atoms with E-state index in [4.69, 9.17) is 5.26 Å². The van der Waals surface area contributed by atoms with Crippen LogP contribution in [-0.4, -0.2) is 30.1 Å². The zero-order chi connectivity index (χ0) is 26.7. The van der Waals surface area contributed by atoms with E-state index < -0.39 is 32.2 Å². The maximum absolute atomic E-state index is 13.4. The third-order valence-corrected chi connectivity index (χ3v) is 6.68. The highest BCUT2D eigenvalue weighted by atomic mass is 32.5. The fourth-order valence-electron chi connectivity index (χ4n) is 3.78. The molecule has 0 fully saturated rings. The van der Waals surface area contributed by atoms with E-state index in [1.54, 1.807) is 45.9 Å². The molecule has 0 bridgehead atoms. The van der Waals surface area contributed by atoms with Crippen molar-refractivity contribution in [2.75, 3.05) is 5.32 Å². The van der Waals surface area contributed by atoms with Gasteiger partial charge in [0.2, 0.25) is 0 Å². The topological polar surface area (TPSA) is 104 Å². The Morgan fingerprint density at radius 1 is 1.05 bits per heavy atom. The van der Waals surface area contributed by atoms with Gasteiger partial charge in [-0.25, -0.2) is 9.50 Å². The number of rotatable bonds is 5. The van der Waals surface area contributed by atoms with Crippen molar-refractivity contribution in [2.24, 2.45) is 0 Å². The Labute approximate surface area is 205 Å². The second kappa shape index (κ2) is 7.43. The van der Waals surface area contributed by atoms with Crippen LogP contribution in [0.2, 0.25) is 0 Å². The van der Waals surface area contributed by atoms with Gasteiger partial charge in [0.25, 0.3) is 5.91 Å². The molecule has 0 atom stereocenters. The number of nitrogens with zero attached hydrogens (tertiary/aromatic N) is 5. The van der Waals surface area contributed by atoms with E-state index in [0.29, 0.717) is 22.7 Å². The summed E-state index contributed by atoms with van der Waals surface area (Å²) in [5.74, 6) is -1.09. The van der Waals surface area contributed by atoms with Crippen molar-refractivity contribution in [3.8, 4) is 23.1 Å². The summed E-state index contributed by atoms with van der Waals surface area (Å²) in [6, 6.07) is 8.85. The number of hydrogen-bond donors (Lipinski definition) is 2. The van der Waals surface area contributed by atoms with Crippen molar-refractivity contribution in [3.05, 3.63) is 84.1 Å². The van der Waals surface area contributed by atoms with E-state index in [9.17, 15) is 24.2 Å². The summed E-state index contributed by atoms with van der Waals surface area (Å²) in [6.07, 6.45) is 6.67. The van der Waals surface area contributed by atoms with Gasteiger partial charge in [-0.1, -0.05) is 25.5 Å². The van der Waals surface area contributed by atoms with Gasteiger partial charge in [-0.05, 0) is 42.8 Å². The SMILES string of the molecule is Cc1ccc(NC(=O)c2cc(C#N)cc(S(F)(F)(F)(F)F)c2)cc1-n1ccn2nc(-c3c[nH]cn3)cc12. The number of carbonyl (C=O) groups is 1. The molecular weight excluding hydrogens is 517 g/mol. The van der Waals surface area contributed by atoms with E-state index in [0.717, 1.165) is 11.6 Å². The summed E-state index contributed by atoms with van der Waals surface area (Å²) in [6.45, 7) is 1.82. The number of halogens is 5. The predicted molar refractivity (Wildman–Crippen MR) is 127 cm³/mol. The molecule has 14 heteroatoms. The molecule has 5 rings (SSSR count). The first-order valence-electron chi connectivity index (χ1n) is 10.5. The summed E-state index contributed by atoms with van der Waals surface area (Å²) in [4.78, 5) is 17.5. The minimum atomic E-state index is -10.1. The highest BCUT2D eigenvalue weighted by Gasteiger charge is 2.65. The lowest BCUT2D eigenvalue weighted by atomic mass is 10.1. The maximum atomic E-state index is 13.4. The standard InChI is InChI=1S/C23H16F5N7OS/c1-14-2-3-17(32-23(36)16-6-15(11-29)7-18(8-16)37(24,25,26,27)28)9-21(14)34-4-5-35-22(34)10-19(33-35)20-12-30-13-31-20/h2-10,12-13H,1H3,(H,30,31)(H,32,36). The minimum Gasteiger partial charge on any atom is -0.351 e. The van der Waals surface area contributed by atoms with Crippen LogP contribution in [0.1, 0.15) is 21.5 Å². The number of benzene rings is 2. The van der Waals surface area contributed by atoms with Gasteiger partial charge in [-0.15, -0.1) is 0 Å². The predicted octanol–water partition coefficient (Wildman–Crippen LogP) is 6.60. The molecule has 0 spiro atoms. The second-order valence-corrected chi connectivity index (χ2v) is 10.6. The summed E-state index contributed by atoms with van der Waals surface area (Å²) < 4.78 is 70.2. The lowest BCUT2D eigenvalue weighted by molar-refractivity contribution is 0.102. The van der Waals surface area contributed by atoms with Crippen LogP contribution in [-0.2, 0) is 0 Å². The molecule has 2 N–H and O–H groups in total. The monoisotopic (exact) mass is 533 g/mol. The van der Waals surface area contributed by atoms with Gasteiger partial charge < -0.3 is 10.3 Å². The fraction of sp³-hybridized carbons (Fsp3) is 0.0435. The molecule has 5 aromatic rings. The average molecular weight is 533 g/mol. The molecule has 0 aliphatic heterocycles. The quantitative estimate of drug-likeness (QED) is 0.248. The number of fused-ring (bicyclic) bond motifs is 1. The normalized spacial score (nSPS) is 13.6. The van der Waals surface area contributed by atoms with Crippen LogP contribution in [0, 0.1) is 18.3 Å². The smallest absolute Gasteiger partial charge is 0.310 e. The average Bonchev–Trinajstić information content (AvgIpc) is 3.56. The van der Waals surface area contributed by atoms with Crippen LogP contribution < -0.4 is 5.32 Å². The Morgan fingerprint density at radius 3 is 2.51 bits per heavy atom. The first-order chi connectivity index (χ1) is 17.2. The first-order valence-corrected chi connectivity index (χ1v) is 12.4. The molecule has 0 aliphatic carbocycles. The molecule has 2 aromatic carbocycles. The van der Waals surface area contributed by atoms with Gasteiger partial charge in [0.05, 0.1) is 23.6 Å². The number of anilines is 1. The zero-order valence-electron chi connectivity index (χ0n) is 18.8. The van der Waals surface area contributed by atoms with Crippen LogP contribution in [0.3, 0.4) is 0 Å². The number of nitrogens with one attached hydrogen (secondary N) is 2. The number of aromatic nitrogens is 5. The lowest BCUT2D eigenvalue weighted by Crippen LogP contribution is -2.15. The molecule has 3 heterocycles. The number of nitriles is 1. The van der Waals surface area contributed by atoms with E-state index >= 15 is 0 Å². The van der Waals surface area contributed by atoms with Gasteiger partial charge >= 0.3 is 10.2 Å². The molecule has 190 valence electrons. The summed E-state index contributed by atoms with van der Waals surface area (Å²) in [7, 11) is -10.1. The molecule has 0 radical (unpaired) electrons. The first kappa shape index (κ1) is 24.1. The number of H-pyrrole nitrogens is 1. The number of hydrogen-bond acceptors (Lipinski definition) is 4. The second-order valence-electron chi connectivity index (χ2n) is 8.24. The molecule has 0 saturated heterocycles. The highest BCUT2D eigenvalue weighted by Crippen LogP contribution is 3.02. The molecule has 3 aromatic heterocycles. The van der Waals surface area contributed by atoms with Gasteiger partial charge in [-0.3, -0.25) is 9.36 Å². The van der Waals surface area contributed by atoms with Crippen LogP contribution in [0.4, 0.5) is 25.1 Å².